The van der Waals surface area contributed by atoms with Gasteiger partial charge in [0.05, 0.1) is 0 Å². The van der Waals surface area contributed by atoms with Crippen molar-refractivity contribution in [2.45, 2.75) is 65.5 Å². The molecule has 19 heavy (non-hydrogen) atoms. The number of amides is 1. The lowest BCUT2D eigenvalue weighted by atomic mass is 9.88. The summed E-state index contributed by atoms with van der Waals surface area (Å²) in [6.45, 7) is 14.2. The van der Waals surface area contributed by atoms with E-state index in [1.54, 1.807) is 0 Å². The largest absolute Gasteiger partial charge is 0.379 e. The second-order valence-electron chi connectivity index (χ2n) is 8.03. The average Bonchev–Trinajstić information content (AvgIpc) is 2.20. The number of carbonyl (C=O) groups is 1. The van der Waals surface area contributed by atoms with E-state index in [2.05, 4.69) is 26.1 Å². The summed E-state index contributed by atoms with van der Waals surface area (Å²) in [7, 11) is 0. The molecule has 1 rings (SSSR count). The highest BCUT2D eigenvalue weighted by Gasteiger charge is 2.43. The molecule has 1 saturated heterocycles. The van der Waals surface area contributed by atoms with Crippen molar-refractivity contribution in [2.75, 3.05) is 19.6 Å². The Morgan fingerprint density at radius 2 is 1.84 bits per heavy atom. The van der Waals surface area contributed by atoms with Crippen molar-refractivity contribution >= 4 is 5.91 Å². The number of β-amino-alcohol motifs (C(OH)–C–C–N with tert-alkyl or cyclic N) is 1. The summed E-state index contributed by atoms with van der Waals surface area (Å²) in [6.07, 6.45) is 1.42. The van der Waals surface area contributed by atoms with Crippen LogP contribution in [0.5, 0.6) is 0 Å². The molecule has 0 aliphatic carbocycles. The van der Waals surface area contributed by atoms with Gasteiger partial charge in [-0.2, -0.15) is 0 Å². The van der Waals surface area contributed by atoms with Crippen LogP contribution < -0.4 is 5.32 Å². The van der Waals surface area contributed by atoms with E-state index in [1.165, 1.54) is 0 Å². The molecule has 1 fully saturated rings. The third-order valence-corrected chi connectivity index (χ3v) is 3.28. The summed E-state index contributed by atoms with van der Waals surface area (Å²) in [6, 6.07) is 0. The molecule has 0 spiro atoms. The second-order valence-corrected chi connectivity index (χ2v) is 8.03. The quantitative estimate of drug-likeness (QED) is 0.822. The molecule has 2 N–H and O–H groups in total. The average molecular weight is 270 g/mol. The first-order valence-corrected chi connectivity index (χ1v) is 7.20. The number of carbonyl (C=O) groups excluding carboxylic acids is 1. The molecule has 0 saturated carbocycles. The van der Waals surface area contributed by atoms with E-state index in [-0.39, 0.29) is 16.9 Å². The van der Waals surface area contributed by atoms with Crippen LogP contribution in [0.2, 0.25) is 0 Å². The Morgan fingerprint density at radius 1 is 1.26 bits per heavy atom. The van der Waals surface area contributed by atoms with Crippen molar-refractivity contribution in [1.29, 1.82) is 0 Å². The van der Waals surface area contributed by atoms with Crippen molar-refractivity contribution in [2.24, 2.45) is 5.41 Å². The number of nitrogens with zero attached hydrogens (tertiary/aromatic N) is 1. The molecule has 112 valence electrons. The first kappa shape index (κ1) is 16.4. The van der Waals surface area contributed by atoms with E-state index in [4.69, 9.17) is 0 Å². The Kier molecular flexibility index (Phi) is 4.68. The normalized spacial score (nSPS) is 25.8. The maximum absolute atomic E-state index is 12.5. The number of likely N-dealkylation sites (tertiary alicyclic amines) is 1. The molecule has 1 heterocycles. The SMILES string of the molecule is CC(C)(C)CN1CCC[C@@](O)(CNC(C)(C)C)C1=O. The minimum absolute atomic E-state index is 0.0609. The summed E-state index contributed by atoms with van der Waals surface area (Å²) in [4.78, 5) is 14.3. The molecule has 1 aliphatic rings. The molecule has 0 aromatic carbocycles. The summed E-state index contributed by atoms with van der Waals surface area (Å²) >= 11 is 0. The second kappa shape index (κ2) is 5.41. The smallest absolute Gasteiger partial charge is 0.255 e. The molecular weight excluding hydrogens is 240 g/mol. The standard InChI is InChI=1S/C15H30N2O2/c1-13(2,3)11-17-9-7-8-15(19,12(17)18)10-16-14(4,5)6/h16,19H,7-11H2,1-6H3/t15-/m1/s1. The monoisotopic (exact) mass is 270 g/mol. The van der Waals surface area contributed by atoms with Crippen LogP contribution in [0.1, 0.15) is 54.4 Å². The third kappa shape index (κ3) is 5.11. The zero-order valence-electron chi connectivity index (χ0n) is 13.3. The van der Waals surface area contributed by atoms with Crippen LogP contribution in [-0.4, -0.2) is 46.7 Å². The van der Waals surface area contributed by atoms with Gasteiger partial charge >= 0.3 is 0 Å². The van der Waals surface area contributed by atoms with Gasteiger partial charge in [-0.05, 0) is 39.0 Å². The molecule has 0 aromatic heterocycles. The van der Waals surface area contributed by atoms with Crippen molar-refractivity contribution in [3.8, 4) is 0 Å². The van der Waals surface area contributed by atoms with Crippen LogP contribution in [0.25, 0.3) is 0 Å². The minimum Gasteiger partial charge on any atom is -0.379 e. The summed E-state index contributed by atoms with van der Waals surface area (Å²) in [5.74, 6) is -0.120. The Morgan fingerprint density at radius 3 is 2.32 bits per heavy atom. The lowest BCUT2D eigenvalue weighted by Crippen LogP contribution is -2.60. The van der Waals surface area contributed by atoms with Gasteiger partial charge in [-0.25, -0.2) is 0 Å². The van der Waals surface area contributed by atoms with Crippen molar-refractivity contribution < 1.29 is 9.90 Å². The Bertz CT molecular complexity index is 328. The van der Waals surface area contributed by atoms with Gasteiger partial charge in [0.25, 0.3) is 5.91 Å². The molecule has 0 radical (unpaired) electrons. The highest BCUT2D eigenvalue weighted by atomic mass is 16.3. The Labute approximate surface area is 117 Å². The van der Waals surface area contributed by atoms with E-state index in [9.17, 15) is 9.90 Å². The van der Waals surface area contributed by atoms with Crippen LogP contribution in [0.15, 0.2) is 0 Å². The topological polar surface area (TPSA) is 52.6 Å². The summed E-state index contributed by atoms with van der Waals surface area (Å²) in [5, 5.41) is 13.9. The van der Waals surface area contributed by atoms with E-state index in [0.29, 0.717) is 19.5 Å². The van der Waals surface area contributed by atoms with E-state index < -0.39 is 5.60 Å². The highest BCUT2D eigenvalue weighted by Crippen LogP contribution is 2.26. The highest BCUT2D eigenvalue weighted by molar-refractivity contribution is 5.86. The fourth-order valence-electron chi connectivity index (χ4n) is 2.36. The first-order chi connectivity index (χ1) is 8.43. The summed E-state index contributed by atoms with van der Waals surface area (Å²) in [5.41, 5.74) is -1.27. The Hall–Kier alpha value is -0.610. The number of piperidine rings is 1. The number of hydrogen-bond acceptors (Lipinski definition) is 3. The third-order valence-electron chi connectivity index (χ3n) is 3.28. The van der Waals surface area contributed by atoms with Crippen LogP contribution in [0, 0.1) is 5.41 Å². The van der Waals surface area contributed by atoms with Crippen LogP contribution >= 0.6 is 0 Å². The predicted octanol–water partition coefficient (Wildman–Crippen LogP) is 1.77. The number of rotatable bonds is 3. The molecule has 1 aliphatic heterocycles. The van der Waals surface area contributed by atoms with Gasteiger partial charge < -0.3 is 15.3 Å². The first-order valence-electron chi connectivity index (χ1n) is 7.20. The summed E-state index contributed by atoms with van der Waals surface area (Å²) < 4.78 is 0. The lowest BCUT2D eigenvalue weighted by Gasteiger charge is -2.41. The predicted molar refractivity (Wildman–Crippen MR) is 78.0 cm³/mol. The van der Waals surface area contributed by atoms with Gasteiger partial charge in [0.2, 0.25) is 0 Å². The molecular formula is C15H30N2O2. The van der Waals surface area contributed by atoms with Gasteiger partial charge in [0.1, 0.15) is 0 Å². The van der Waals surface area contributed by atoms with Crippen LogP contribution in [0.3, 0.4) is 0 Å². The van der Waals surface area contributed by atoms with Gasteiger partial charge in [-0.3, -0.25) is 4.79 Å². The van der Waals surface area contributed by atoms with Gasteiger partial charge in [-0.15, -0.1) is 0 Å². The molecule has 1 atom stereocenters. The fraction of sp³-hybridized carbons (Fsp3) is 0.933. The van der Waals surface area contributed by atoms with Crippen molar-refractivity contribution in [1.82, 2.24) is 10.2 Å². The number of aliphatic hydroxyl groups is 1. The maximum atomic E-state index is 12.5. The van der Waals surface area contributed by atoms with Crippen LogP contribution in [0.4, 0.5) is 0 Å². The van der Waals surface area contributed by atoms with E-state index in [1.807, 2.05) is 25.7 Å². The number of nitrogens with one attached hydrogen (secondary N) is 1. The van der Waals surface area contributed by atoms with E-state index >= 15 is 0 Å². The maximum Gasteiger partial charge on any atom is 0.255 e. The van der Waals surface area contributed by atoms with Crippen molar-refractivity contribution in [3.63, 3.8) is 0 Å². The van der Waals surface area contributed by atoms with Crippen molar-refractivity contribution in [3.05, 3.63) is 0 Å². The molecule has 0 unspecified atom stereocenters. The Balaban J connectivity index is 2.71. The fourth-order valence-corrected chi connectivity index (χ4v) is 2.36. The zero-order chi connectivity index (χ0) is 14.9. The molecule has 4 nitrogen and oxygen atoms in total. The molecule has 4 heteroatoms. The number of hydrogen-bond donors (Lipinski definition) is 2. The lowest BCUT2D eigenvalue weighted by molar-refractivity contribution is -0.158. The van der Waals surface area contributed by atoms with E-state index in [0.717, 1.165) is 13.0 Å². The molecule has 1 amide bonds. The van der Waals surface area contributed by atoms with Gasteiger partial charge in [0.15, 0.2) is 5.60 Å². The molecule has 0 bridgehead atoms. The zero-order valence-corrected chi connectivity index (χ0v) is 13.3. The molecule has 0 aromatic rings. The van der Waals surface area contributed by atoms with Crippen LogP contribution in [-0.2, 0) is 4.79 Å². The minimum atomic E-state index is -1.24. The van der Waals surface area contributed by atoms with Gasteiger partial charge in [0, 0.05) is 25.2 Å². The van der Waals surface area contributed by atoms with Gasteiger partial charge in [-0.1, -0.05) is 20.8 Å².